The summed E-state index contributed by atoms with van der Waals surface area (Å²) in [5.74, 6) is 0.875. The van der Waals surface area contributed by atoms with E-state index in [-0.39, 0.29) is 0 Å². The van der Waals surface area contributed by atoms with E-state index in [4.69, 9.17) is 10.5 Å². The van der Waals surface area contributed by atoms with Crippen molar-refractivity contribution >= 4 is 0 Å². The van der Waals surface area contributed by atoms with Crippen molar-refractivity contribution in [1.82, 2.24) is 14.8 Å². The van der Waals surface area contributed by atoms with Crippen molar-refractivity contribution in [3.05, 3.63) is 12.2 Å². The van der Waals surface area contributed by atoms with Gasteiger partial charge in [-0.05, 0) is 19.9 Å². The van der Waals surface area contributed by atoms with E-state index in [9.17, 15) is 0 Å². The van der Waals surface area contributed by atoms with Gasteiger partial charge in [-0.1, -0.05) is 0 Å². The summed E-state index contributed by atoms with van der Waals surface area (Å²) in [5, 5.41) is 4.03. The zero-order chi connectivity index (χ0) is 9.52. The van der Waals surface area contributed by atoms with Crippen molar-refractivity contribution in [2.45, 2.75) is 26.5 Å². The van der Waals surface area contributed by atoms with Gasteiger partial charge in [-0.3, -0.25) is 0 Å². The molecule has 1 aromatic rings. The number of hydrogen-bond donors (Lipinski definition) is 1. The van der Waals surface area contributed by atoms with Gasteiger partial charge in [0, 0.05) is 13.2 Å². The topological polar surface area (TPSA) is 66.0 Å². The van der Waals surface area contributed by atoms with Crippen LogP contribution in [0.2, 0.25) is 0 Å². The summed E-state index contributed by atoms with van der Waals surface area (Å²) in [6.45, 7) is 4.73. The minimum absolute atomic E-state index is 0.522. The fourth-order valence-corrected chi connectivity index (χ4v) is 1.01. The fourth-order valence-electron chi connectivity index (χ4n) is 1.01. The molecule has 0 aliphatic heterocycles. The van der Waals surface area contributed by atoms with E-state index >= 15 is 0 Å². The highest BCUT2D eigenvalue weighted by Gasteiger charge is 2.01. The van der Waals surface area contributed by atoms with Crippen LogP contribution in [0.3, 0.4) is 0 Å². The molecule has 0 spiro atoms. The van der Waals surface area contributed by atoms with Crippen molar-refractivity contribution < 1.29 is 4.74 Å². The summed E-state index contributed by atoms with van der Waals surface area (Å²) in [6, 6.07) is 0. The third kappa shape index (κ3) is 3.12. The molecule has 0 aliphatic carbocycles. The number of ether oxygens (including phenoxy) is 1. The summed E-state index contributed by atoms with van der Waals surface area (Å²) >= 11 is 0. The Morgan fingerprint density at radius 1 is 1.62 bits per heavy atom. The first-order chi connectivity index (χ1) is 6.38. The number of hydrogen-bond acceptors (Lipinski definition) is 4. The minimum Gasteiger partial charge on any atom is -0.373 e. The highest BCUT2D eigenvalue weighted by atomic mass is 16.5. The number of nitrogens with two attached hydrogens (primary N) is 1. The third-order valence-corrected chi connectivity index (χ3v) is 1.72. The molecule has 5 nitrogen and oxygen atoms in total. The van der Waals surface area contributed by atoms with Gasteiger partial charge in [0.2, 0.25) is 0 Å². The van der Waals surface area contributed by atoms with Gasteiger partial charge in [0.15, 0.2) is 5.82 Å². The summed E-state index contributed by atoms with van der Waals surface area (Å²) in [4.78, 5) is 4.08. The predicted octanol–water partition coefficient (Wildman–Crippen LogP) is 0.163. The molecule has 1 heterocycles. The number of aromatic nitrogens is 3. The van der Waals surface area contributed by atoms with Crippen LogP contribution >= 0.6 is 0 Å². The van der Waals surface area contributed by atoms with Crippen molar-refractivity contribution in [2.24, 2.45) is 5.73 Å². The normalized spacial score (nSPS) is 10.6. The third-order valence-electron chi connectivity index (χ3n) is 1.72. The highest BCUT2D eigenvalue weighted by Crippen LogP contribution is 1.96. The first kappa shape index (κ1) is 10.1. The average Bonchev–Trinajstić information content (AvgIpc) is 2.60. The van der Waals surface area contributed by atoms with Gasteiger partial charge in [0.05, 0.1) is 0 Å². The SMILES string of the molecule is CCn1ncnc1COCCCN. The molecule has 0 aliphatic rings. The van der Waals surface area contributed by atoms with Crippen molar-refractivity contribution in [3.8, 4) is 0 Å². The molecule has 0 radical (unpaired) electrons. The smallest absolute Gasteiger partial charge is 0.152 e. The van der Waals surface area contributed by atoms with E-state index in [0.717, 1.165) is 18.8 Å². The molecule has 0 saturated carbocycles. The minimum atomic E-state index is 0.522. The molecule has 2 N–H and O–H groups in total. The molecule has 1 aromatic heterocycles. The molecule has 0 atom stereocenters. The molecule has 0 saturated heterocycles. The van der Waals surface area contributed by atoms with Gasteiger partial charge in [0.25, 0.3) is 0 Å². The van der Waals surface area contributed by atoms with Crippen LogP contribution in [0.15, 0.2) is 6.33 Å². The molecule has 1 rings (SSSR count). The lowest BCUT2D eigenvalue weighted by Crippen LogP contribution is -2.08. The molecule has 0 amide bonds. The monoisotopic (exact) mass is 184 g/mol. The van der Waals surface area contributed by atoms with Gasteiger partial charge in [-0.2, -0.15) is 5.10 Å². The van der Waals surface area contributed by atoms with E-state index in [2.05, 4.69) is 10.1 Å². The highest BCUT2D eigenvalue weighted by molar-refractivity contribution is 4.80. The van der Waals surface area contributed by atoms with Gasteiger partial charge in [-0.25, -0.2) is 9.67 Å². The number of nitrogens with zero attached hydrogens (tertiary/aromatic N) is 3. The first-order valence-electron chi connectivity index (χ1n) is 4.53. The van der Waals surface area contributed by atoms with E-state index in [1.54, 1.807) is 6.33 Å². The Labute approximate surface area is 77.9 Å². The Morgan fingerprint density at radius 2 is 2.46 bits per heavy atom. The molecule has 74 valence electrons. The van der Waals surface area contributed by atoms with Gasteiger partial charge < -0.3 is 10.5 Å². The Bertz CT molecular complexity index is 236. The van der Waals surface area contributed by atoms with Crippen LogP contribution < -0.4 is 5.73 Å². The molecule has 5 heteroatoms. The molecule has 0 unspecified atom stereocenters. The average molecular weight is 184 g/mol. The van der Waals surface area contributed by atoms with Crippen LogP contribution in [0.1, 0.15) is 19.2 Å². The maximum Gasteiger partial charge on any atom is 0.152 e. The maximum absolute atomic E-state index is 5.36. The number of aryl methyl sites for hydroxylation is 1. The maximum atomic E-state index is 5.36. The molecule has 0 aromatic carbocycles. The lowest BCUT2D eigenvalue weighted by Gasteiger charge is -2.03. The standard InChI is InChI=1S/C8H16N4O/c1-2-12-8(10-7-11-12)6-13-5-3-4-9/h7H,2-6,9H2,1H3. The predicted molar refractivity (Wildman–Crippen MR) is 49.0 cm³/mol. The lowest BCUT2D eigenvalue weighted by atomic mass is 10.5. The second-order valence-corrected chi connectivity index (χ2v) is 2.69. The Kier molecular flexibility index (Phi) is 4.42. The zero-order valence-electron chi connectivity index (χ0n) is 7.94. The van der Waals surface area contributed by atoms with Gasteiger partial charge in [0.1, 0.15) is 12.9 Å². The lowest BCUT2D eigenvalue weighted by molar-refractivity contribution is 0.111. The fraction of sp³-hybridized carbons (Fsp3) is 0.750. The van der Waals surface area contributed by atoms with Crippen LogP contribution in [-0.4, -0.2) is 27.9 Å². The molecule has 0 fully saturated rings. The summed E-state index contributed by atoms with van der Waals surface area (Å²) in [6.07, 6.45) is 2.44. The summed E-state index contributed by atoms with van der Waals surface area (Å²) in [5.41, 5.74) is 5.33. The van der Waals surface area contributed by atoms with Crippen LogP contribution in [0.4, 0.5) is 0 Å². The van der Waals surface area contributed by atoms with E-state index in [1.807, 2.05) is 11.6 Å². The Hall–Kier alpha value is -0.940. The van der Waals surface area contributed by atoms with Crippen LogP contribution in [0.5, 0.6) is 0 Å². The van der Waals surface area contributed by atoms with E-state index < -0.39 is 0 Å². The van der Waals surface area contributed by atoms with Crippen LogP contribution in [-0.2, 0) is 17.9 Å². The van der Waals surface area contributed by atoms with Gasteiger partial charge >= 0.3 is 0 Å². The van der Waals surface area contributed by atoms with Crippen molar-refractivity contribution in [3.63, 3.8) is 0 Å². The Balaban J connectivity index is 2.27. The van der Waals surface area contributed by atoms with Crippen LogP contribution in [0, 0.1) is 0 Å². The molecular formula is C8H16N4O. The molecule has 13 heavy (non-hydrogen) atoms. The second kappa shape index (κ2) is 5.66. The zero-order valence-corrected chi connectivity index (χ0v) is 7.94. The van der Waals surface area contributed by atoms with Crippen molar-refractivity contribution in [1.29, 1.82) is 0 Å². The number of rotatable bonds is 6. The molecular weight excluding hydrogens is 168 g/mol. The van der Waals surface area contributed by atoms with Crippen molar-refractivity contribution in [2.75, 3.05) is 13.2 Å². The Morgan fingerprint density at radius 3 is 3.15 bits per heavy atom. The van der Waals surface area contributed by atoms with Crippen LogP contribution in [0.25, 0.3) is 0 Å². The van der Waals surface area contributed by atoms with E-state index in [1.165, 1.54) is 0 Å². The summed E-state index contributed by atoms with van der Waals surface area (Å²) in [7, 11) is 0. The summed E-state index contributed by atoms with van der Waals surface area (Å²) < 4.78 is 7.18. The molecule has 0 bridgehead atoms. The first-order valence-corrected chi connectivity index (χ1v) is 4.53. The quantitative estimate of drug-likeness (QED) is 0.640. The van der Waals surface area contributed by atoms with E-state index in [0.29, 0.717) is 19.8 Å². The largest absolute Gasteiger partial charge is 0.373 e. The van der Waals surface area contributed by atoms with Gasteiger partial charge in [-0.15, -0.1) is 0 Å². The second-order valence-electron chi connectivity index (χ2n) is 2.69.